The van der Waals surface area contributed by atoms with Crippen LogP contribution < -0.4 is 10.1 Å². The summed E-state index contributed by atoms with van der Waals surface area (Å²) in [6, 6.07) is 14.3. The predicted octanol–water partition coefficient (Wildman–Crippen LogP) is 4.56. The number of nitrogens with one attached hydrogen (secondary N) is 1. The van der Waals surface area contributed by atoms with Gasteiger partial charge in [0.25, 0.3) is 0 Å². The summed E-state index contributed by atoms with van der Waals surface area (Å²) in [5.41, 5.74) is 1.85. The molecule has 6 heteroatoms. The molecule has 0 saturated carbocycles. The van der Waals surface area contributed by atoms with Gasteiger partial charge in [0.2, 0.25) is 5.91 Å². The molecule has 4 nitrogen and oxygen atoms in total. The number of carbonyl (C=O) groups excluding carboxylic acids is 1. The van der Waals surface area contributed by atoms with Crippen molar-refractivity contribution in [3.05, 3.63) is 65.5 Å². The van der Waals surface area contributed by atoms with Crippen molar-refractivity contribution in [1.82, 2.24) is 10.2 Å². The molecule has 1 aliphatic heterocycles. The quantitative estimate of drug-likeness (QED) is 0.680. The van der Waals surface area contributed by atoms with Crippen molar-refractivity contribution in [1.29, 1.82) is 0 Å². The van der Waals surface area contributed by atoms with E-state index in [0.717, 1.165) is 42.8 Å². The zero-order valence-corrected chi connectivity index (χ0v) is 17.7. The van der Waals surface area contributed by atoms with E-state index in [4.69, 9.17) is 4.74 Å². The van der Waals surface area contributed by atoms with Crippen molar-refractivity contribution < 1.29 is 13.9 Å². The number of benzene rings is 2. The molecular weight excluding hydrogens is 391 g/mol. The number of carbonyl (C=O) groups is 1. The lowest BCUT2D eigenvalue weighted by Gasteiger charge is -2.27. The monoisotopic (exact) mass is 420 g/mol. The number of ether oxygens (including phenoxy) is 1. The average Bonchev–Trinajstić information content (AvgIpc) is 2.70. The van der Waals surface area contributed by atoms with Gasteiger partial charge in [-0.2, -0.15) is 0 Å². The van der Waals surface area contributed by atoms with E-state index in [9.17, 15) is 9.18 Å². The molecule has 0 atom stereocenters. The van der Waals surface area contributed by atoms with Crippen molar-refractivity contribution in [2.24, 2.45) is 5.92 Å². The van der Waals surface area contributed by atoms with Crippen LogP contribution in [0.5, 0.6) is 5.75 Å². The van der Waals surface area contributed by atoms with Gasteiger partial charge >= 0.3 is 0 Å². The maximum atomic E-state index is 13.6. The topological polar surface area (TPSA) is 41.6 Å². The number of hydrogen-bond acceptors (Lipinski definition) is 3. The fourth-order valence-corrected chi connectivity index (χ4v) is 3.63. The second kappa shape index (κ2) is 11.8. The van der Waals surface area contributed by atoms with Crippen LogP contribution in [-0.2, 0) is 17.9 Å². The van der Waals surface area contributed by atoms with Crippen molar-refractivity contribution in [2.45, 2.75) is 39.3 Å². The highest BCUT2D eigenvalue weighted by Gasteiger charge is 2.21. The van der Waals surface area contributed by atoms with Crippen LogP contribution >= 0.6 is 12.4 Å². The number of halogens is 2. The molecule has 2 aromatic rings. The molecular formula is C23H30ClFN2O2. The molecule has 0 aliphatic carbocycles. The number of amides is 1. The zero-order valence-electron chi connectivity index (χ0n) is 16.9. The molecule has 158 valence electrons. The first-order valence-corrected chi connectivity index (χ1v) is 10.1. The summed E-state index contributed by atoms with van der Waals surface area (Å²) in [7, 11) is 0. The zero-order chi connectivity index (χ0) is 19.8. The Labute approximate surface area is 178 Å². The maximum Gasteiger partial charge on any atom is 0.223 e. The summed E-state index contributed by atoms with van der Waals surface area (Å²) in [5.74, 6) is 1.10. The van der Waals surface area contributed by atoms with Crippen molar-refractivity contribution >= 4 is 18.3 Å². The van der Waals surface area contributed by atoms with Crippen LogP contribution in [0.3, 0.4) is 0 Å². The number of piperidine rings is 1. The Kier molecular flexibility index (Phi) is 9.42. The summed E-state index contributed by atoms with van der Waals surface area (Å²) >= 11 is 0. The van der Waals surface area contributed by atoms with E-state index in [-0.39, 0.29) is 24.1 Å². The minimum Gasteiger partial charge on any atom is -0.494 e. The van der Waals surface area contributed by atoms with E-state index in [0.29, 0.717) is 32.0 Å². The Balaban J connectivity index is 0.00000300. The molecule has 1 aliphatic rings. The highest BCUT2D eigenvalue weighted by Crippen LogP contribution is 2.21. The predicted molar refractivity (Wildman–Crippen MR) is 116 cm³/mol. The lowest BCUT2D eigenvalue weighted by atomic mass is 9.94. The van der Waals surface area contributed by atoms with Gasteiger partial charge in [0, 0.05) is 19.5 Å². The molecule has 0 unspecified atom stereocenters. The Morgan fingerprint density at radius 1 is 1.10 bits per heavy atom. The van der Waals surface area contributed by atoms with Crippen molar-refractivity contribution in [3.63, 3.8) is 0 Å². The van der Waals surface area contributed by atoms with Gasteiger partial charge in [-0.25, -0.2) is 4.39 Å². The van der Waals surface area contributed by atoms with Gasteiger partial charge in [-0.05, 0) is 74.2 Å². The molecule has 29 heavy (non-hydrogen) atoms. The van der Waals surface area contributed by atoms with Crippen LogP contribution in [0.1, 0.15) is 37.3 Å². The lowest BCUT2D eigenvalue weighted by Crippen LogP contribution is -2.34. The minimum absolute atomic E-state index is 0. The average molecular weight is 421 g/mol. The fraction of sp³-hybridized carbons (Fsp3) is 0.435. The van der Waals surface area contributed by atoms with Gasteiger partial charge in [0.05, 0.1) is 6.61 Å². The molecule has 1 saturated heterocycles. The number of hydrogen-bond donors (Lipinski definition) is 1. The third-order valence-electron chi connectivity index (χ3n) is 5.14. The molecule has 1 heterocycles. The van der Waals surface area contributed by atoms with E-state index in [1.807, 2.05) is 42.2 Å². The van der Waals surface area contributed by atoms with Crippen LogP contribution in [0.25, 0.3) is 0 Å². The molecule has 0 bridgehead atoms. The second-order valence-corrected chi connectivity index (χ2v) is 7.35. The molecule has 1 N–H and O–H groups in total. The first-order chi connectivity index (χ1) is 13.6. The van der Waals surface area contributed by atoms with Gasteiger partial charge < -0.3 is 15.0 Å². The number of nitrogens with zero attached hydrogens (tertiary/aromatic N) is 1. The molecule has 2 aromatic carbocycles. The Bertz CT molecular complexity index is 764. The fourth-order valence-electron chi connectivity index (χ4n) is 3.63. The highest BCUT2D eigenvalue weighted by atomic mass is 35.5. The largest absolute Gasteiger partial charge is 0.494 e. The summed E-state index contributed by atoms with van der Waals surface area (Å²) in [6.45, 7) is 5.44. The summed E-state index contributed by atoms with van der Waals surface area (Å²) < 4.78 is 19.1. The van der Waals surface area contributed by atoms with Crippen molar-refractivity contribution in [2.75, 3.05) is 19.7 Å². The first-order valence-electron chi connectivity index (χ1n) is 10.1. The normalized spacial score (nSPS) is 14.1. The summed E-state index contributed by atoms with van der Waals surface area (Å²) in [5, 5.41) is 3.34. The maximum absolute atomic E-state index is 13.6. The molecule has 3 rings (SSSR count). The summed E-state index contributed by atoms with van der Waals surface area (Å²) in [4.78, 5) is 14.9. The first kappa shape index (κ1) is 23.2. The number of rotatable bonds is 8. The van der Waals surface area contributed by atoms with Gasteiger partial charge in [-0.1, -0.05) is 24.3 Å². The van der Waals surface area contributed by atoms with E-state index in [1.165, 1.54) is 12.1 Å². The molecule has 0 spiro atoms. The summed E-state index contributed by atoms with van der Waals surface area (Å²) in [6.07, 6.45) is 2.61. The molecule has 1 fully saturated rings. The van der Waals surface area contributed by atoms with Crippen LogP contribution in [0, 0.1) is 11.7 Å². The standard InChI is InChI=1S/C23H29FN2O2.ClH/c1-2-28-22-8-6-19(7-9-22)16-26(17-20-4-3-5-21(24)14-20)23(27)15-18-10-12-25-13-11-18;/h3-9,14,18,25H,2,10-13,15-17H2,1H3;1H. The SMILES string of the molecule is CCOc1ccc(CN(Cc2cccc(F)c2)C(=O)CC2CCNCC2)cc1.Cl. The van der Waals surface area contributed by atoms with E-state index in [2.05, 4.69) is 5.32 Å². The molecule has 0 aromatic heterocycles. The van der Waals surface area contributed by atoms with Crippen LogP contribution in [0.15, 0.2) is 48.5 Å². The lowest BCUT2D eigenvalue weighted by molar-refractivity contribution is -0.133. The van der Waals surface area contributed by atoms with Gasteiger partial charge in [-0.15, -0.1) is 12.4 Å². The van der Waals surface area contributed by atoms with Crippen LogP contribution in [0.4, 0.5) is 4.39 Å². The molecule has 0 radical (unpaired) electrons. The third-order valence-corrected chi connectivity index (χ3v) is 5.14. The van der Waals surface area contributed by atoms with E-state index < -0.39 is 0 Å². The minimum atomic E-state index is -0.274. The third kappa shape index (κ3) is 7.33. The smallest absolute Gasteiger partial charge is 0.223 e. The Hall–Kier alpha value is -2.11. The van der Waals surface area contributed by atoms with E-state index in [1.54, 1.807) is 6.07 Å². The second-order valence-electron chi connectivity index (χ2n) is 7.35. The Morgan fingerprint density at radius 2 is 1.79 bits per heavy atom. The van der Waals surface area contributed by atoms with E-state index >= 15 is 0 Å². The highest BCUT2D eigenvalue weighted by molar-refractivity contribution is 5.85. The van der Waals surface area contributed by atoms with Gasteiger partial charge in [0.1, 0.15) is 11.6 Å². The van der Waals surface area contributed by atoms with Crippen molar-refractivity contribution in [3.8, 4) is 5.75 Å². The van der Waals surface area contributed by atoms with Gasteiger partial charge in [0.15, 0.2) is 0 Å². The van der Waals surface area contributed by atoms with Crippen LogP contribution in [-0.4, -0.2) is 30.5 Å². The van der Waals surface area contributed by atoms with Crippen LogP contribution in [0.2, 0.25) is 0 Å². The molecule has 1 amide bonds. The Morgan fingerprint density at radius 3 is 2.45 bits per heavy atom. The van der Waals surface area contributed by atoms with Gasteiger partial charge in [-0.3, -0.25) is 4.79 Å².